The van der Waals surface area contributed by atoms with Crippen LogP contribution in [0.5, 0.6) is 0 Å². The molecule has 0 radical (unpaired) electrons. The molecule has 22 heavy (non-hydrogen) atoms. The molecule has 0 aliphatic carbocycles. The molecule has 4 aromatic rings. The van der Waals surface area contributed by atoms with Crippen LogP contribution in [-0.2, 0) is 0 Å². The van der Waals surface area contributed by atoms with Gasteiger partial charge >= 0.3 is 0 Å². The molecule has 4 heteroatoms. The summed E-state index contributed by atoms with van der Waals surface area (Å²) in [6.07, 6.45) is 5.55. The zero-order valence-electron chi connectivity index (χ0n) is 11.6. The lowest BCUT2D eigenvalue weighted by Gasteiger charge is -2.03. The minimum atomic E-state index is -0.253. The molecule has 0 saturated heterocycles. The third-order valence-corrected chi connectivity index (χ3v) is 3.63. The van der Waals surface area contributed by atoms with Crippen molar-refractivity contribution < 1.29 is 4.39 Å². The summed E-state index contributed by atoms with van der Waals surface area (Å²) in [6, 6.07) is 16.3. The molecule has 0 saturated carbocycles. The first-order valence-corrected chi connectivity index (χ1v) is 6.96. The van der Waals surface area contributed by atoms with Crippen LogP contribution in [0.3, 0.4) is 0 Å². The van der Waals surface area contributed by atoms with Crippen molar-refractivity contribution in [2.24, 2.45) is 0 Å². The summed E-state index contributed by atoms with van der Waals surface area (Å²) in [6.45, 7) is 0. The van der Waals surface area contributed by atoms with E-state index in [-0.39, 0.29) is 5.82 Å². The monoisotopic (exact) mass is 289 g/mol. The number of hydrogen-bond donors (Lipinski definition) is 0. The molecule has 0 bridgehead atoms. The number of halogens is 1. The number of hydrogen-bond acceptors (Lipinski definition) is 2. The van der Waals surface area contributed by atoms with Crippen LogP contribution in [0.1, 0.15) is 0 Å². The SMILES string of the molecule is Fc1ccc(-n2cc(-c3ccnc4ccccc34)cn2)cc1. The first-order valence-electron chi connectivity index (χ1n) is 6.96. The van der Waals surface area contributed by atoms with E-state index in [4.69, 9.17) is 0 Å². The van der Waals surface area contributed by atoms with Crippen LogP contribution in [0, 0.1) is 5.82 Å². The molecular formula is C18H12FN3. The largest absolute Gasteiger partial charge is 0.256 e. The average molecular weight is 289 g/mol. The van der Waals surface area contributed by atoms with E-state index in [0.29, 0.717) is 0 Å². The molecule has 0 unspecified atom stereocenters. The van der Waals surface area contributed by atoms with E-state index < -0.39 is 0 Å². The van der Waals surface area contributed by atoms with Gasteiger partial charge in [-0.1, -0.05) is 18.2 Å². The number of aromatic nitrogens is 3. The van der Waals surface area contributed by atoms with Crippen LogP contribution in [0.4, 0.5) is 4.39 Å². The summed E-state index contributed by atoms with van der Waals surface area (Å²) in [4.78, 5) is 4.37. The quantitative estimate of drug-likeness (QED) is 0.553. The second-order valence-corrected chi connectivity index (χ2v) is 5.03. The molecule has 106 valence electrons. The van der Waals surface area contributed by atoms with Crippen LogP contribution in [0.2, 0.25) is 0 Å². The van der Waals surface area contributed by atoms with Gasteiger partial charge in [0, 0.05) is 23.3 Å². The Hall–Kier alpha value is -3.01. The Morgan fingerprint density at radius 2 is 1.73 bits per heavy atom. The number of para-hydroxylation sites is 1. The van der Waals surface area contributed by atoms with Gasteiger partial charge in [0.15, 0.2) is 0 Å². The molecule has 3 nitrogen and oxygen atoms in total. The third kappa shape index (κ3) is 2.15. The molecule has 0 aliphatic rings. The van der Waals surface area contributed by atoms with Crippen molar-refractivity contribution in [3.63, 3.8) is 0 Å². The van der Waals surface area contributed by atoms with Crippen LogP contribution in [-0.4, -0.2) is 14.8 Å². The van der Waals surface area contributed by atoms with Crippen LogP contribution >= 0.6 is 0 Å². The molecule has 0 fully saturated rings. The number of benzene rings is 2. The number of pyridine rings is 1. The molecular weight excluding hydrogens is 277 g/mol. The molecule has 4 rings (SSSR count). The maximum Gasteiger partial charge on any atom is 0.123 e. The first-order chi connectivity index (χ1) is 10.8. The van der Waals surface area contributed by atoms with Gasteiger partial charge in [0.05, 0.1) is 17.4 Å². The van der Waals surface area contributed by atoms with Gasteiger partial charge in [-0.3, -0.25) is 4.98 Å². The molecule has 0 spiro atoms. The van der Waals surface area contributed by atoms with E-state index in [1.165, 1.54) is 12.1 Å². The summed E-state index contributed by atoms with van der Waals surface area (Å²) < 4.78 is 14.8. The summed E-state index contributed by atoms with van der Waals surface area (Å²) >= 11 is 0. The van der Waals surface area contributed by atoms with Gasteiger partial charge in [0.2, 0.25) is 0 Å². The minimum absolute atomic E-state index is 0.253. The predicted molar refractivity (Wildman–Crippen MR) is 84.3 cm³/mol. The summed E-state index contributed by atoms with van der Waals surface area (Å²) in [5.74, 6) is -0.253. The fraction of sp³-hybridized carbons (Fsp3) is 0. The normalized spacial score (nSPS) is 11.0. The Bertz CT molecular complexity index is 937. The van der Waals surface area contributed by atoms with Gasteiger partial charge < -0.3 is 0 Å². The highest BCUT2D eigenvalue weighted by Crippen LogP contribution is 2.27. The van der Waals surface area contributed by atoms with Crippen LogP contribution in [0.25, 0.3) is 27.7 Å². The van der Waals surface area contributed by atoms with Crippen LogP contribution in [0.15, 0.2) is 73.2 Å². The van der Waals surface area contributed by atoms with Gasteiger partial charge in [0.1, 0.15) is 5.82 Å². The van der Waals surface area contributed by atoms with E-state index in [9.17, 15) is 4.39 Å². The van der Waals surface area contributed by atoms with Crippen molar-refractivity contribution >= 4 is 10.9 Å². The van der Waals surface area contributed by atoms with Crippen molar-refractivity contribution in [2.75, 3.05) is 0 Å². The van der Waals surface area contributed by atoms with E-state index in [0.717, 1.165) is 27.7 Å². The summed E-state index contributed by atoms with van der Waals surface area (Å²) in [7, 11) is 0. The fourth-order valence-electron chi connectivity index (χ4n) is 2.54. The van der Waals surface area contributed by atoms with Crippen molar-refractivity contribution in [3.8, 4) is 16.8 Å². The van der Waals surface area contributed by atoms with Crippen molar-refractivity contribution in [1.82, 2.24) is 14.8 Å². The maximum atomic E-state index is 13.0. The lowest BCUT2D eigenvalue weighted by Crippen LogP contribution is -1.93. The second kappa shape index (κ2) is 5.07. The molecule has 0 N–H and O–H groups in total. The Kier molecular flexibility index (Phi) is 2.93. The highest BCUT2D eigenvalue weighted by molar-refractivity contribution is 5.93. The zero-order chi connectivity index (χ0) is 14.9. The van der Waals surface area contributed by atoms with Gasteiger partial charge in [-0.15, -0.1) is 0 Å². The minimum Gasteiger partial charge on any atom is -0.256 e. The maximum absolute atomic E-state index is 13.0. The zero-order valence-corrected chi connectivity index (χ0v) is 11.6. The highest BCUT2D eigenvalue weighted by Gasteiger charge is 2.07. The smallest absolute Gasteiger partial charge is 0.123 e. The van der Waals surface area contributed by atoms with E-state index in [1.54, 1.807) is 23.0 Å². The second-order valence-electron chi connectivity index (χ2n) is 5.03. The van der Waals surface area contributed by atoms with Crippen LogP contribution < -0.4 is 0 Å². The molecule has 2 aromatic carbocycles. The van der Waals surface area contributed by atoms with Gasteiger partial charge in [-0.2, -0.15) is 5.10 Å². The third-order valence-electron chi connectivity index (χ3n) is 3.63. The van der Waals surface area contributed by atoms with E-state index in [1.807, 2.05) is 42.7 Å². The van der Waals surface area contributed by atoms with Crippen molar-refractivity contribution in [1.29, 1.82) is 0 Å². The number of nitrogens with zero attached hydrogens (tertiary/aromatic N) is 3. The number of rotatable bonds is 2. The predicted octanol–water partition coefficient (Wildman–Crippen LogP) is 4.23. The molecule has 2 heterocycles. The summed E-state index contributed by atoms with van der Waals surface area (Å²) in [5, 5.41) is 5.46. The standard InChI is InChI=1S/C18H12FN3/c19-14-5-7-15(8-6-14)22-12-13(11-21-22)16-9-10-20-18-4-2-1-3-17(16)18/h1-12H. The Morgan fingerprint density at radius 3 is 2.59 bits per heavy atom. The van der Waals surface area contributed by atoms with Crippen molar-refractivity contribution in [2.45, 2.75) is 0 Å². The van der Waals surface area contributed by atoms with E-state index in [2.05, 4.69) is 10.1 Å². The van der Waals surface area contributed by atoms with E-state index >= 15 is 0 Å². The van der Waals surface area contributed by atoms with Gasteiger partial charge in [-0.25, -0.2) is 9.07 Å². The molecule has 0 atom stereocenters. The lowest BCUT2D eigenvalue weighted by molar-refractivity contribution is 0.627. The molecule has 0 aliphatic heterocycles. The van der Waals surface area contributed by atoms with Gasteiger partial charge in [0.25, 0.3) is 0 Å². The highest BCUT2D eigenvalue weighted by atomic mass is 19.1. The number of fused-ring (bicyclic) bond motifs is 1. The topological polar surface area (TPSA) is 30.7 Å². The lowest BCUT2D eigenvalue weighted by atomic mass is 10.0. The Morgan fingerprint density at radius 1 is 0.909 bits per heavy atom. The Labute approximate surface area is 126 Å². The molecule has 2 aromatic heterocycles. The van der Waals surface area contributed by atoms with Crippen molar-refractivity contribution in [3.05, 3.63) is 79.0 Å². The Balaban J connectivity index is 1.82. The first kappa shape index (κ1) is 12.7. The average Bonchev–Trinajstić information content (AvgIpc) is 3.05. The van der Waals surface area contributed by atoms with Gasteiger partial charge in [-0.05, 0) is 42.0 Å². The fourth-order valence-corrected chi connectivity index (χ4v) is 2.54. The molecule has 0 amide bonds. The summed E-state index contributed by atoms with van der Waals surface area (Å²) in [5.41, 5.74) is 3.86.